The SMILES string of the molecule is CC1=CC[C@@H]2C(=O)N(c3ccccc3OC(=O)c3ccccc3Cl)C(=O)[C@H]2C1. The van der Waals surface area contributed by atoms with Gasteiger partial charge in [0.15, 0.2) is 5.75 Å². The quantitative estimate of drug-likeness (QED) is 0.334. The van der Waals surface area contributed by atoms with E-state index in [2.05, 4.69) is 0 Å². The van der Waals surface area contributed by atoms with Crippen LogP contribution in [0.4, 0.5) is 5.69 Å². The molecule has 0 spiro atoms. The molecule has 0 bridgehead atoms. The number of benzene rings is 2. The highest BCUT2D eigenvalue weighted by Gasteiger charge is 2.49. The third-order valence-corrected chi connectivity index (χ3v) is 5.56. The molecule has 0 aromatic heterocycles. The van der Waals surface area contributed by atoms with Crippen molar-refractivity contribution in [2.45, 2.75) is 19.8 Å². The van der Waals surface area contributed by atoms with Gasteiger partial charge in [0, 0.05) is 0 Å². The summed E-state index contributed by atoms with van der Waals surface area (Å²) in [5.74, 6) is -1.71. The van der Waals surface area contributed by atoms with Crippen LogP contribution in [0, 0.1) is 11.8 Å². The van der Waals surface area contributed by atoms with Crippen molar-refractivity contribution in [3.63, 3.8) is 0 Å². The van der Waals surface area contributed by atoms with E-state index >= 15 is 0 Å². The summed E-state index contributed by atoms with van der Waals surface area (Å²) in [5.41, 5.74) is 1.61. The van der Waals surface area contributed by atoms with Crippen molar-refractivity contribution in [2.75, 3.05) is 4.90 Å². The van der Waals surface area contributed by atoms with Crippen molar-refractivity contribution in [2.24, 2.45) is 11.8 Å². The molecule has 2 amide bonds. The zero-order chi connectivity index (χ0) is 19.8. The van der Waals surface area contributed by atoms with Gasteiger partial charge >= 0.3 is 5.97 Å². The van der Waals surface area contributed by atoms with E-state index in [0.717, 1.165) is 10.5 Å². The lowest BCUT2D eigenvalue weighted by atomic mass is 9.82. The molecule has 2 aromatic rings. The molecule has 28 heavy (non-hydrogen) atoms. The number of rotatable bonds is 3. The van der Waals surface area contributed by atoms with Gasteiger partial charge in [-0.05, 0) is 44.0 Å². The van der Waals surface area contributed by atoms with E-state index in [1.54, 1.807) is 48.5 Å². The van der Waals surface area contributed by atoms with Gasteiger partial charge in [-0.15, -0.1) is 0 Å². The minimum atomic E-state index is -0.646. The minimum absolute atomic E-state index is 0.150. The Balaban J connectivity index is 1.66. The predicted octanol–water partition coefficient (Wildman–Crippen LogP) is 4.40. The van der Waals surface area contributed by atoms with Gasteiger partial charge in [-0.1, -0.05) is 47.5 Å². The molecule has 5 nitrogen and oxygen atoms in total. The third kappa shape index (κ3) is 3.12. The molecule has 4 rings (SSSR count). The smallest absolute Gasteiger partial charge is 0.345 e. The minimum Gasteiger partial charge on any atom is -0.421 e. The fourth-order valence-corrected chi connectivity index (χ4v) is 4.00. The molecule has 0 unspecified atom stereocenters. The number of amides is 2. The Bertz CT molecular complexity index is 1010. The van der Waals surface area contributed by atoms with Crippen molar-refractivity contribution in [1.82, 2.24) is 0 Å². The zero-order valence-corrected chi connectivity index (χ0v) is 16.0. The molecule has 0 N–H and O–H groups in total. The Morgan fingerprint density at radius 2 is 1.71 bits per heavy atom. The lowest BCUT2D eigenvalue weighted by Crippen LogP contribution is -2.31. The summed E-state index contributed by atoms with van der Waals surface area (Å²) < 4.78 is 5.51. The largest absolute Gasteiger partial charge is 0.421 e. The predicted molar refractivity (Wildman–Crippen MR) is 105 cm³/mol. The molecular formula is C22H18ClNO4. The summed E-state index contributed by atoms with van der Waals surface area (Å²) in [6, 6.07) is 13.1. The lowest BCUT2D eigenvalue weighted by Gasteiger charge is -2.19. The summed E-state index contributed by atoms with van der Waals surface area (Å²) in [4.78, 5) is 39.6. The number of ether oxygens (including phenoxy) is 1. The molecule has 0 radical (unpaired) electrons. The van der Waals surface area contributed by atoms with E-state index in [9.17, 15) is 14.4 Å². The van der Waals surface area contributed by atoms with Gasteiger partial charge in [-0.2, -0.15) is 0 Å². The number of fused-ring (bicyclic) bond motifs is 1. The fourth-order valence-electron chi connectivity index (χ4n) is 3.78. The van der Waals surface area contributed by atoms with Crippen LogP contribution >= 0.6 is 11.6 Å². The number of hydrogen-bond acceptors (Lipinski definition) is 4. The van der Waals surface area contributed by atoms with Crippen molar-refractivity contribution in [3.05, 3.63) is 70.8 Å². The van der Waals surface area contributed by atoms with E-state index in [1.807, 2.05) is 13.0 Å². The molecule has 1 aliphatic heterocycles. The van der Waals surface area contributed by atoms with Crippen LogP contribution in [0.2, 0.25) is 5.02 Å². The highest BCUT2D eigenvalue weighted by atomic mass is 35.5. The zero-order valence-electron chi connectivity index (χ0n) is 15.2. The van der Waals surface area contributed by atoms with Crippen LogP contribution in [0.5, 0.6) is 5.75 Å². The Kier molecular flexibility index (Phi) is 4.77. The van der Waals surface area contributed by atoms with Crippen molar-refractivity contribution in [1.29, 1.82) is 0 Å². The summed E-state index contributed by atoms with van der Waals surface area (Å²) in [6.45, 7) is 1.97. The second-order valence-electron chi connectivity index (χ2n) is 7.05. The first-order valence-electron chi connectivity index (χ1n) is 9.06. The van der Waals surface area contributed by atoms with Crippen molar-refractivity contribution in [3.8, 4) is 5.75 Å². The van der Waals surface area contributed by atoms with Gasteiger partial charge in [0.25, 0.3) is 0 Å². The second-order valence-corrected chi connectivity index (χ2v) is 7.46. The highest BCUT2D eigenvalue weighted by Crippen LogP contribution is 2.42. The molecule has 1 heterocycles. The summed E-state index contributed by atoms with van der Waals surface area (Å²) >= 11 is 6.07. The first-order valence-corrected chi connectivity index (χ1v) is 9.44. The third-order valence-electron chi connectivity index (χ3n) is 5.23. The Morgan fingerprint density at radius 3 is 2.50 bits per heavy atom. The maximum Gasteiger partial charge on any atom is 0.345 e. The molecule has 0 saturated carbocycles. The maximum absolute atomic E-state index is 13.0. The summed E-state index contributed by atoms with van der Waals surface area (Å²) in [5, 5.41) is 0.269. The van der Waals surface area contributed by atoms with E-state index in [-0.39, 0.29) is 45.7 Å². The monoisotopic (exact) mass is 395 g/mol. The first kappa shape index (κ1) is 18.4. The molecule has 142 valence electrons. The normalized spacial score (nSPS) is 21.4. The number of nitrogens with zero attached hydrogens (tertiary/aromatic N) is 1. The number of esters is 1. The number of carbonyl (C=O) groups is 3. The van der Waals surface area contributed by atoms with E-state index in [0.29, 0.717) is 12.8 Å². The van der Waals surface area contributed by atoms with Crippen LogP contribution in [-0.2, 0) is 9.59 Å². The van der Waals surface area contributed by atoms with Crippen LogP contribution in [0.25, 0.3) is 0 Å². The molecular weight excluding hydrogens is 378 g/mol. The van der Waals surface area contributed by atoms with Crippen molar-refractivity contribution < 1.29 is 19.1 Å². The Labute approximate surface area is 167 Å². The number of imide groups is 1. The first-order chi connectivity index (χ1) is 13.5. The molecule has 1 aliphatic carbocycles. The summed E-state index contributed by atoms with van der Waals surface area (Å²) in [7, 11) is 0. The second kappa shape index (κ2) is 7.24. The van der Waals surface area contributed by atoms with E-state index in [1.165, 1.54) is 0 Å². The lowest BCUT2D eigenvalue weighted by molar-refractivity contribution is -0.122. The highest BCUT2D eigenvalue weighted by molar-refractivity contribution is 6.33. The van der Waals surface area contributed by atoms with Crippen LogP contribution in [-0.4, -0.2) is 17.8 Å². The molecule has 2 aliphatic rings. The topological polar surface area (TPSA) is 63.7 Å². The maximum atomic E-state index is 13.0. The average Bonchev–Trinajstić information content (AvgIpc) is 2.92. The van der Waals surface area contributed by atoms with Crippen LogP contribution in [0.15, 0.2) is 60.2 Å². The van der Waals surface area contributed by atoms with Gasteiger partial charge in [0.2, 0.25) is 11.8 Å². The van der Waals surface area contributed by atoms with E-state index < -0.39 is 5.97 Å². The Morgan fingerprint density at radius 1 is 1.04 bits per heavy atom. The van der Waals surface area contributed by atoms with Crippen LogP contribution in [0.1, 0.15) is 30.1 Å². The van der Waals surface area contributed by atoms with Gasteiger partial charge in [-0.25, -0.2) is 9.69 Å². The Hall–Kier alpha value is -2.92. The van der Waals surface area contributed by atoms with Crippen LogP contribution in [0.3, 0.4) is 0 Å². The number of hydrogen-bond donors (Lipinski definition) is 0. The van der Waals surface area contributed by atoms with Gasteiger partial charge < -0.3 is 4.74 Å². The average molecular weight is 396 g/mol. The number of para-hydroxylation sites is 2. The van der Waals surface area contributed by atoms with Gasteiger partial charge in [0.1, 0.15) is 0 Å². The van der Waals surface area contributed by atoms with E-state index in [4.69, 9.17) is 16.3 Å². The number of anilines is 1. The standard InChI is InChI=1S/C22H18ClNO4/c1-13-10-11-14-16(12-13)21(26)24(20(14)25)18-8-4-5-9-19(18)28-22(27)15-6-2-3-7-17(15)23/h2-10,14,16H,11-12H2,1H3/t14-,16-/m0/s1. The van der Waals surface area contributed by atoms with Gasteiger partial charge in [0.05, 0.1) is 28.1 Å². The molecule has 2 atom stereocenters. The number of allylic oxidation sites excluding steroid dienone is 2. The molecule has 2 aromatic carbocycles. The molecule has 6 heteroatoms. The van der Waals surface area contributed by atoms with Gasteiger partial charge in [-0.3, -0.25) is 9.59 Å². The molecule has 1 fully saturated rings. The number of halogens is 1. The number of carbonyl (C=O) groups excluding carboxylic acids is 3. The fraction of sp³-hybridized carbons (Fsp3) is 0.227. The molecule has 1 saturated heterocycles. The van der Waals surface area contributed by atoms with Crippen LogP contribution < -0.4 is 9.64 Å². The summed E-state index contributed by atoms with van der Waals surface area (Å²) in [6.07, 6.45) is 3.14. The van der Waals surface area contributed by atoms with Crippen molar-refractivity contribution >= 4 is 35.1 Å².